The molecule has 0 radical (unpaired) electrons. The molecule has 1 aliphatic heterocycles. The second kappa shape index (κ2) is 12.9. The fourth-order valence-corrected chi connectivity index (χ4v) is 4.99. The molecule has 42 heavy (non-hydrogen) atoms. The molecule has 212 valence electrons. The Morgan fingerprint density at radius 3 is 1.93 bits per heavy atom. The van der Waals surface area contributed by atoms with Gasteiger partial charge in [-0.15, -0.1) is 0 Å². The molecule has 0 aliphatic carbocycles. The minimum absolute atomic E-state index is 0.125. The number of hydrogen-bond acceptors (Lipinski definition) is 5. The van der Waals surface area contributed by atoms with Gasteiger partial charge < -0.3 is 9.47 Å². The first-order valence-electron chi connectivity index (χ1n) is 12.4. The Hall–Kier alpha value is -4.01. The number of urea groups is 1. The molecule has 7 nitrogen and oxygen atoms in total. The van der Waals surface area contributed by atoms with Crippen molar-refractivity contribution >= 4 is 76.0 Å². The Bertz CT molecular complexity index is 1720. The van der Waals surface area contributed by atoms with Crippen molar-refractivity contribution in [3.05, 3.63) is 127 Å². The predicted octanol–water partition coefficient (Wildman–Crippen LogP) is 8.12. The number of barbiturate groups is 1. The van der Waals surface area contributed by atoms with Gasteiger partial charge in [-0.05, 0) is 60.7 Å². The van der Waals surface area contributed by atoms with Crippen LogP contribution in [-0.4, -0.2) is 17.8 Å². The maximum Gasteiger partial charge on any atom is 0.335 e. The molecule has 1 aliphatic rings. The molecule has 11 heteroatoms. The van der Waals surface area contributed by atoms with Gasteiger partial charge in [0, 0.05) is 36.8 Å². The second-order valence-corrected chi connectivity index (χ2v) is 10.7. The van der Waals surface area contributed by atoms with E-state index in [9.17, 15) is 14.4 Å². The van der Waals surface area contributed by atoms with Crippen LogP contribution in [-0.2, 0) is 22.8 Å². The normalized spacial score (nSPS) is 14.2. The topological polar surface area (TPSA) is 84.9 Å². The molecule has 1 heterocycles. The molecular weight excluding hydrogens is 622 g/mol. The summed E-state index contributed by atoms with van der Waals surface area (Å²) in [6.07, 6.45) is 1.38. The second-order valence-electron chi connectivity index (χ2n) is 9.04. The first-order chi connectivity index (χ1) is 20.2. The summed E-state index contributed by atoms with van der Waals surface area (Å²) >= 11 is 24.4. The fraction of sp³-hybridized carbons (Fsp3) is 0.0645. The molecule has 0 bridgehead atoms. The monoisotopic (exact) mass is 640 g/mol. The number of imide groups is 2. The van der Waals surface area contributed by atoms with Crippen molar-refractivity contribution in [2.24, 2.45) is 0 Å². The molecule has 0 spiro atoms. The lowest BCUT2D eigenvalue weighted by molar-refractivity contribution is -0.122. The highest BCUT2D eigenvalue weighted by Gasteiger charge is 2.37. The Morgan fingerprint density at radius 2 is 1.31 bits per heavy atom. The molecule has 0 saturated carbocycles. The number of carbonyl (C=O) groups is 3. The van der Waals surface area contributed by atoms with Gasteiger partial charge in [0.15, 0.2) is 0 Å². The van der Waals surface area contributed by atoms with Gasteiger partial charge >= 0.3 is 6.03 Å². The lowest BCUT2D eigenvalue weighted by Gasteiger charge is -2.26. The maximum absolute atomic E-state index is 13.4. The van der Waals surface area contributed by atoms with E-state index in [0.29, 0.717) is 42.7 Å². The zero-order chi connectivity index (χ0) is 29.8. The van der Waals surface area contributed by atoms with Crippen LogP contribution in [0.2, 0.25) is 20.1 Å². The van der Waals surface area contributed by atoms with Gasteiger partial charge in [-0.1, -0.05) is 76.7 Å². The van der Waals surface area contributed by atoms with Crippen LogP contribution in [0, 0.1) is 0 Å². The Morgan fingerprint density at radius 1 is 0.714 bits per heavy atom. The molecule has 4 aromatic carbocycles. The number of anilines is 1. The average Bonchev–Trinajstić information content (AvgIpc) is 2.95. The standard InChI is InChI=1S/C31H20Cl4N2O5/c32-21-7-5-19(26(34)14-21)16-41-24-11-9-23(10-12-24)37-30(39)25(29(38)36-31(37)40)13-18-3-1-2-4-28(18)42-17-20-6-8-22(33)15-27(20)35/h1-15H,16-17H2,(H,36,38,40)/b25-13+. The number of rotatable bonds is 8. The molecule has 4 aromatic rings. The van der Waals surface area contributed by atoms with E-state index in [1.165, 1.54) is 18.2 Å². The van der Waals surface area contributed by atoms with Crippen LogP contribution >= 0.6 is 46.4 Å². The van der Waals surface area contributed by atoms with Gasteiger partial charge in [0.05, 0.1) is 5.69 Å². The number of hydrogen-bond donors (Lipinski definition) is 1. The summed E-state index contributed by atoms with van der Waals surface area (Å²) in [6, 6.07) is 22.4. The van der Waals surface area contributed by atoms with Crippen LogP contribution < -0.4 is 19.7 Å². The van der Waals surface area contributed by atoms with Crippen molar-refractivity contribution in [2.75, 3.05) is 4.90 Å². The Balaban J connectivity index is 1.33. The number of nitrogens with zero attached hydrogens (tertiary/aromatic N) is 1. The van der Waals surface area contributed by atoms with Gasteiger partial charge in [0.1, 0.15) is 30.3 Å². The van der Waals surface area contributed by atoms with E-state index in [0.717, 1.165) is 10.5 Å². The van der Waals surface area contributed by atoms with E-state index in [1.807, 2.05) is 0 Å². The highest BCUT2D eigenvalue weighted by atomic mass is 35.5. The van der Waals surface area contributed by atoms with Gasteiger partial charge in [-0.25, -0.2) is 9.69 Å². The minimum atomic E-state index is -0.870. The smallest absolute Gasteiger partial charge is 0.335 e. The van der Waals surface area contributed by atoms with Crippen molar-refractivity contribution < 1.29 is 23.9 Å². The van der Waals surface area contributed by atoms with Crippen LogP contribution in [0.15, 0.2) is 90.5 Å². The minimum Gasteiger partial charge on any atom is -0.489 e. The highest BCUT2D eigenvalue weighted by Crippen LogP contribution is 2.29. The summed E-state index contributed by atoms with van der Waals surface area (Å²) in [7, 11) is 0. The predicted molar refractivity (Wildman–Crippen MR) is 163 cm³/mol. The van der Waals surface area contributed by atoms with Crippen LogP contribution in [0.5, 0.6) is 11.5 Å². The van der Waals surface area contributed by atoms with Crippen LogP contribution in [0.1, 0.15) is 16.7 Å². The number of carbonyl (C=O) groups excluding carboxylic acids is 3. The van der Waals surface area contributed by atoms with E-state index in [-0.39, 0.29) is 24.5 Å². The number of benzene rings is 4. The molecule has 1 fully saturated rings. The molecule has 4 amide bonds. The summed E-state index contributed by atoms with van der Waals surface area (Å²) < 4.78 is 11.7. The number of para-hydroxylation sites is 1. The first kappa shape index (κ1) is 29.5. The Labute approximate surface area is 261 Å². The lowest BCUT2D eigenvalue weighted by atomic mass is 10.1. The molecule has 5 rings (SSSR count). The maximum atomic E-state index is 13.4. The van der Waals surface area contributed by atoms with Crippen molar-refractivity contribution in [3.63, 3.8) is 0 Å². The number of nitrogens with one attached hydrogen (secondary N) is 1. The average molecular weight is 642 g/mol. The van der Waals surface area contributed by atoms with Crippen LogP contribution in [0.3, 0.4) is 0 Å². The summed E-state index contributed by atoms with van der Waals surface area (Å²) in [5, 5.41) is 4.15. The summed E-state index contributed by atoms with van der Waals surface area (Å²) in [5.74, 6) is -0.729. The number of amides is 4. The first-order valence-corrected chi connectivity index (χ1v) is 13.9. The largest absolute Gasteiger partial charge is 0.489 e. The fourth-order valence-electron chi connectivity index (χ4n) is 4.06. The van der Waals surface area contributed by atoms with Gasteiger partial charge in [0.25, 0.3) is 11.8 Å². The van der Waals surface area contributed by atoms with E-state index < -0.39 is 17.8 Å². The molecule has 0 atom stereocenters. The third kappa shape index (κ3) is 6.72. The molecular formula is C31H20Cl4N2O5. The van der Waals surface area contributed by atoms with Crippen molar-refractivity contribution in [1.82, 2.24) is 5.32 Å². The van der Waals surface area contributed by atoms with Crippen LogP contribution in [0.25, 0.3) is 6.08 Å². The van der Waals surface area contributed by atoms with Gasteiger partial charge in [-0.3, -0.25) is 14.9 Å². The zero-order valence-electron chi connectivity index (χ0n) is 21.6. The molecule has 1 N–H and O–H groups in total. The quantitative estimate of drug-likeness (QED) is 0.155. The third-order valence-electron chi connectivity index (χ3n) is 6.22. The van der Waals surface area contributed by atoms with Gasteiger partial charge in [-0.2, -0.15) is 0 Å². The third-order valence-corrected chi connectivity index (χ3v) is 7.40. The van der Waals surface area contributed by atoms with Crippen molar-refractivity contribution in [3.8, 4) is 11.5 Å². The molecule has 0 aromatic heterocycles. The van der Waals surface area contributed by atoms with E-state index >= 15 is 0 Å². The van der Waals surface area contributed by atoms with E-state index in [1.54, 1.807) is 72.8 Å². The molecule has 1 saturated heterocycles. The Kier molecular flexibility index (Phi) is 9.04. The van der Waals surface area contributed by atoms with Gasteiger partial charge in [0.2, 0.25) is 0 Å². The van der Waals surface area contributed by atoms with E-state index in [2.05, 4.69) is 5.32 Å². The number of ether oxygens (including phenoxy) is 2. The highest BCUT2D eigenvalue weighted by molar-refractivity contribution is 6.39. The van der Waals surface area contributed by atoms with Crippen LogP contribution in [0.4, 0.5) is 10.5 Å². The summed E-state index contributed by atoms with van der Waals surface area (Å²) in [6.45, 7) is 0.311. The molecule has 0 unspecified atom stereocenters. The zero-order valence-corrected chi connectivity index (χ0v) is 24.6. The lowest BCUT2D eigenvalue weighted by Crippen LogP contribution is -2.54. The summed E-state index contributed by atoms with van der Waals surface area (Å²) in [4.78, 5) is 39.7. The SMILES string of the molecule is O=C1NC(=O)N(c2ccc(OCc3ccc(Cl)cc3Cl)cc2)C(=O)/C1=C/c1ccccc1OCc1ccc(Cl)cc1Cl. The van der Waals surface area contributed by atoms with E-state index in [4.69, 9.17) is 55.9 Å². The summed E-state index contributed by atoms with van der Waals surface area (Å²) in [5.41, 5.74) is 1.91. The number of halogens is 4. The van der Waals surface area contributed by atoms with Crippen molar-refractivity contribution in [1.29, 1.82) is 0 Å². The van der Waals surface area contributed by atoms with Crippen molar-refractivity contribution in [2.45, 2.75) is 13.2 Å².